The topological polar surface area (TPSA) is 32.8 Å². The molecular formula is C88H52N2O2S2. The van der Waals surface area contributed by atoms with E-state index in [1.165, 1.54) is 78.0 Å². The molecule has 0 amide bonds. The molecule has 0 spiro atoms. The molecule has 0 unspecified atom stereocenters. The van der Waals surface area contributed by atoms with Crippen LogP contribution in [-0.2, 0) is 0 Å². The molecule has 0 fully saturated rings. The van der Waals surface area contributed by atoms with Gasteiger partial charge in [0, 0.05) is 79.3 Å². The lowest BCUT2D eigenvalue weighted by Gasteiger charge is -2.29. The average Bonchev–Trinajstić information content (AvgIpc) is 0.980. The molecule has 0 radical (unpaired) electrons. The molecule has 16 aromatic carbocycles. The van der Waals surface area contributed by atoms with Crippen LogP contribution in [0.25, 0.3) is 161 Å². The van der Waals surface area contributed by atoms with Gasteiger partial charge in [-0.25, -0.2) is 0 Å². The van der Waals surface area contributed by atoms with E-state index in [9.17, 15) is 0 Å². The van der Waals surface area contributed by atoms with E-state index >= 15 is 0 Å². The van der Waals surface area contributed by atoms with Gasteiger partial charge in [0.2, 0.25) is 0 Å². The third-order valence-corrected chi connectivity index (χ3v) is 21.7. The molecule has 0 aliphatic carbocycles. The number of benzene rings is 16. The molecule has 0 saturated carbocycles. The van der Waals surface area contributed by atoms with Gasteiger partial charge in [-0.1, -0.05) is 206 Å². The van der Waals surface area contributed by atoms with Crippen LogP contribution in [0.1, 0.15) is 0 Å². The highest BCUT2D eigenvalue weighted by molar-refractivity contribution is 7.26. The van der Waals surface area contributed by atoms with E-state index in [0.717, 1.165) is 117 Å². The van der Waals surface area contributed by atoms with Crippen molar-refractivity contribution in [2.45, 2.75) is 0 Å². The fourth-order valence-electron chi connectivity index (χ4n) is 15.1. The summed E-state index contributed by atoms with van der Waals surface area (Å²) < 4.78 is 18.3. The van der Waals surface area contributed by atoms with Crippen molar-refractivity contribution in [3.8, 4) is 33.4 Å². The van der Waals surface area contributed by atoms with E-state index in [1.807, 2.05) is 28.7 Å². The number of furan rings is 2. The Morgan fingerprint density at radius 2 is 0.734 bits per heavy atom. The molecule has 438 valence electrons. The minimum Gasteiger partial charge on any atom is -0.456 e. The molecule has 0 N–H and O–H groups in total. The lowest BCUT2D eigenvalue weighted by Crippen LogP contribution is -2.11. The lowest BCUT2D eigenvalue weighted by atomic mass is 9.94. The zero-order valence-electron chi connectivity index (χ0n) is 50.5. The third kappa shape index (κ3) is 8.23. The summed E-state index contributed by atoms with van der Waals surface area (Å²) in [5.41, 5.74) is 16.8. The molecule has 4 heterocycles. The summed E-state index contributed by atoms with van der Waals surface area (Å²) in [6.07, 6.45) is 0. The first kappa shape index (κ1) is 52.9. The number of nitrogens with zero attached hydrogens (tertiary/aromatic N) is 2. The highest BCUT2D eigenvalue weighted by Gasteiger charge is 2.25. The molecule has 20 rings (SSSR count). The van der Waals surface area contributed by atoms with Gasteiger partial charge in [-0.15, -0.1) is 22.7 Å². The fourth-order valence-corrected chi connectivity index (χ4v) is 17.5. The second kappa shape index (κ2) is 20.9. The first-order chi connectivity index (χ1) is 46.6. The van der Waals surface area contributed by atoms with E-state index in [0.29, 0.717) is 0 Å². The van der Waals surface area contributed by atoms with Crippen LogP contribution in [0.15, 0.2) is 324 Å². The predicted octanol–water partition coefficient (Wildman–Crippen LogP) is 26.8. The average molecular weight is 1230 g/mol. The Labute approximate surface area is 547 Å². The van der Waals surface area contributed by atoms with Gasteiger partial charge in [-0.2, -0.15) is 0 Å². The van der Waals surface area contributed by atoms with Crippen molar-refractivity contribution in [2.24, 2.45) is 0 Å². The van der Waals surface area contributed by atoms with Crippen LogP contribution >= 0.6 is 22.7 Å². The van der Waals surface area contributed by atoms with Gasteiger partial charge in [0.15, 0.2) is 0 Å². The fraction of sp³-hybridized carbons (Fsp3) is 0. The first-order valence-electron chi connectivity index (χ1n) is 31.9. The van der Waals surface area contributed by atoms with Gasteiger partial charge < -0.3 is 18.6 Å². The van der Waals surface area contributed by atoms with Gasteiger partial charge >= 0.3 is 0 Å². The minimum absolute atomic E-state index is 0.851. The Kier molecular flexibility index (Phi) is 11.7. The third-order valence-electron chi connectivity index (χ3n) is 19.4. The van der Waals surface area contributed by atoms with Gasteiger partial charge in [0.25, 0.3) is 0 Å². The Balaban J connectivity index is 0.710. The minimum atomic E-state index is 0.851. The molecule has 0 saturated heterocycles. The smallest absolute Gasteiger partial charge is 0.136 e. The summed E-state index contributed by atoms with van der Waals surface area (Å²) in [6, 6.07) is 116. The highest BCUT2D eigenvalue weighted by atomic mass is 32.1. The predicted molar refractivity (Wildman–Crippen MR) is 402 cm³/mol. The second-order valence-electron chi connectivity index (χ2n) is 24.6. The Morgan fingerprint density at radius 1 is 0.223 bits per heavy atom. The van der Waals surface area contributed by atoms with Crippen molar-refractivity contribution < 1.29 is 8.83 Å². The maximum absolute atomic E-state index is 6.84. The largest absolute Gasteiger partial charge is 0.456 e. The van der Waals surface area contributed by atoms with Gasteiger partial charge in [-0.3, -0.25) is 0 Å². The Morgan fingerprint density at radius 3 is 1.54 bits per heavy atom. The van der Waals surface area contributed by atoms with Crippen molar-refractivity contribution >= 4 is 184 Å². The maximum Gasteiger partial charge on any atom is 0.136 e. The van der Waals surface area contributed by atoms with Crippen LogP contribution in [0.4, 0.5) is 34.1 Å². The molecule has 0 aliphatic heterocycles. The summed E-state index contributed by atoms with van der Waals surface area (Å²) in [7, 11) is 0. The van der Waals surface area contributed by atoms with Crippen molar-refractivity contribution in [1.29, 1.82) is 0 Å². The highest BCUT2D eigenvalue weighted by Crippen LogP contribution is 2.52. The van der Waals surface area contributed by atoms with Gasteiger partial charge in [-0.05, 0) is 175 Å². The van der Waals surface area contributed by atoms with Crippen LogP contribution in [0.2, 0.25) is 0 Å². The second-order valence-corrected chi connectivity index (χ2v) is 26.7. The zero-order valence-corrected chi connectivity index (χ0v) is 52.2. The number of hydrogen-bond acceptors (Lipinski definition) is 6. The first-order valence-corrected chi connectivity index (χ1v) is 33.6. The number of fused-ring (bicyclic) bond motifs is 18. The van der Waals surface area contributed by atoms with Gasteiger partial charge in [0.05, 0.1) is 27.4 Å². The molecular weight excluding hydrogens is 1180 g/mol. The summed E-state index contributed by atoms with van der Waals surface area (Å²) in [6.45, 7) is 0. The maximum atomic E-state index is 6.84. The number of para-hydroxylation sites is 1. The number of rotatable bonds is 9. The molecule has 94 heavy (non-hydrogen) atoms. The number of hydrogen-bond donors (Lipinski definition) is 0. The van der Waals surface area contributed by atoms with Crippen molar-refractivity contribution in [3.05, 3.63) is 315 Å². The van der Waals surface area contributed by atoms with Crippen LogP contribution in [0, 0.1) is 0 Å². The van der Waals surface area contributed by atoms with Crippen molar-refractivity contribution in [3.63, 3.8) is 0 Å². The quantitative estimate of drug-likeness (QED) is 0.135. The molecule has 0 atom stereocenters. The van der Waals surface area contributed by atoms with Crippen LogP contribution in [-0.4, -0.2) is 0 Å². The van der Waals surface area contributed by atoms with Crippen LogP contribution < -0.4 is 9.80 Å². The SMILES string of the molecule is c1cc(-c2ccc3c(c2)oc2ccc(-c4ccc5c(c4)cc(N(c4cccc(-c6cccc7oc8ccccc8c67)c4)c4cccc6sc7ccccc7c46)c4ccccc45)cc23)cc(N(c2cc3ccccc3c3ccccc23)c2cccc3c2sc2ccccc23)c1. The molecule has 0 aliphatic rings. The monoisotopic (exact) mass is 1230 g/mol. The standard InChI is InChI=1S/C88H52N2O2S2/c1-2-23-62-58(18-1)50-77(67-26-5-3-24-65(62)67)90(76-34-15-32-71-70-28-8-11-37-83(70)94-88(71)76)60-21-13-19-53(47-60)56-41-44-69-74-49-55(42-45-80(74)92-82(69)52-56)54-40-43-63-59(46-54)51-78(68-27-6-4-25-66(63)68)89(75-33-17-39-85-87(75)73-30-9-12-38-84(73)93-85)61-22-14-20-57(48-61)64-31-16-36-81-86(64)72-29-7-10-35-79(72)91-81/h1-52H. The van der Waals surface area contributed by atoms with Crippen LogP contribution in [0.3, 0.4) is 0 Å². The molecule has 6 heteroatoms. The van der Waals surface area contributed by atoms with E-state index in [4.69, 9.17) is 8.83 Å². The Bertz CT molecular complexity index is 6540. The Hall–Kier alpha value is -11.8. The molecule has 4 aromatic heterocycles. The summed E-state index contributed by atoms with van der Waals surface area (Å²) in [4.78, 5) is 5.00. The summed E-state index contributed by atoms with van der Waals surface area (Å²) in [5, 5.41) is 19.0. The molecule has 4 nitrogen and oxygen atoms in total. The number of anilines is 6. The molecule has 0 bridgehead atoms. The van der Waals surface area contributed by atoms with Crippen molar-refractivity contribution in [2.75, 3.05) is 9.80 Å². The lowest BCUT2D eigenvalue weighted by molar-refractivity contribution is 0.668. The summed E-state index contributed by atoms with van der Waals surface area (Å²) in [5.74, 6) is 0. The van der Waals surface area contributed by atoms with Crippen LogP contribution in [0.5, 0.6) is 0 Å². The van der Waals surface area contributed by atoms with E-state index < -0.39 is 0 Å². The number of thiophene rings is 2. The van der Waals surface area contributed by atoms with E-state index in [-0.39, 0.29) is 0 Å². The van der Waals surface area contributed by atoms with Gasteiger partial charge in [0.1, 0.15) is 22.3 Å². The van der Waals surface area contributed by atoms with Crippen molar-refractivity contribution in [1.82, 2.24) is 0 Å². The van der Waals surface area contributed by atoms with E-state index in [2.05, 4.69) is 319 Å². The molecule has 20 aromatic rings. The normalized spacial score (nSPS) is 12.0. The zero-order chi connectivity index (χ0) is 61.5. The summed E-state index contributed by atoms with van der Waals surface area (Å²) >= 11 is 3.71. The van der Waals surface area contributed by atoms with E-state index in [1.54, 1.807) is 0 Å².